The molecule has 3 aromatic rings. The van der Waals surface area contributed by atoms with Gasteiger partial charge in [0, 0.05) is 43.0 Å². The number of nitrogens with one attached hydrogen (secondary N) is 1. The van der Waals surface area contributed by atoms with Crippen molar-refractivity contribution >= 4 is 33.1 Å². The first-order valence-electron chi connectivity index (χ1n) is 13.9. The topological polar surface area (TPSA) is 79.0 Å². The molecule has 2 aromatic carbocycles. The Labute approximate surface area is 254 Å². The van der Waals surface area contributed by atoms with Crippen LogP contribution in [0.5, 0.6) is 5.75 Å². The number of ether oxygens (including phenoxy) is 1. The van der Waals surface area contributed by atoms with Crippen LogP contribution in [0.25, 0.3) is 11.1 Å². The van der Waals surface area contributed by atoms with Gasteiger partial charge in [-0.1, -0.05) is 24.6 Å². The minimum Gasteiger partial charge on any atom is -0.490 e. The van der Waals surface area contributed by atoms with E-state index >= 15 is 0 Å². The normalized spacial score (nSPS) is 17.5. The maximum atomic E-state index is 13.7. The number of rotatable bonds is 6. The number of para-hydroxylation sites is 1. The van der Waals surface area contributed by atoms with Crippen molar-refractivity contribution in [2.75, 3.05) is 31.5 Å². The van der Waals surface area contributed by atoms with Crippen molar-refractivity contribution in [3.05, 3.63) is 65.0 Å². The molecular weight excluding hydrogens is 632 g/mol. The Morgan fingerprint density at radius 2 is 1.45 bits per heavy atom. The molecule has 44 heavy (non-hydrogen) atoms. The molecule has 0 spiro atoms. The SMILES string of the molecule is O=C(Nc1cc(C(F)(F)F)cc(C(F)(F)F)c1)N1CCN(S(=O)(=O)c2sccc2-c2ccccc2OC2CCCCC2)CC1. The Morgan fingerprint density at radius 1 is 0.841 bits per heavy atom. The van der Waals surface area contributed by atoms with Crippen LogP contribution in [0.4, 0.5) is 36.8 Å². The predicted molar refractivity (Wildman–Crippen MR) is 153 cm³/mol. The quantitative estimate of drug-likeness (QED) is 0.275. The number of amides is 2. The molecule has 1 saturated heterocycles. The summed E-state index contributed by atoms with van der Waals surface area (Å²) in [6.45, 7) is -0.496. The number of hydrogen-bond acceptors (Lipinski definition) is 5. The maximum absolute atomic E-state index is 13.7. The number of nitrogens with zero attached hydrogens (tertiary/aromatic N) is 2. The molecule has 1 N–H and O–H groups in total. The highest BCUT2D eigenvalue weighted by molar-refractivity contribution is 7.91. The molecule has 15 heteroatoms. The summed E-state index contributed by atoms with van der Waals surface area (Å²) >= 11 is 1.05. The van der Waals surface area contributed by atoms with Crippen molar-refractivity contribution in [3.63, 3.8) is 0 Å². The fourth-order valence-corrected chi connectivity index (χ4v) is 8.26. The molecule has 1 aliphatic carbocycles. The molecule has 7 nitrogen and oxygen atoms in total. The third kappa shape index (κ3) is 7.15. The van der Waals surface area contributed by atoms with E-state index in [4.69, 9.17) is 4.74 Å². The summed E-state index contributed by atoms with van der Waals surface area (Å²) in [5.74, 6) is 0.596. The number of alkyl halides is 6. The molecule has 2 aliphatic rings. The number of carbonyl (C=O) groups is 1. The molecule has 5 rings (SSSR count). The molecule has 2 amide bonds. The molecule has 2 heterocycles. The van der Waals surface area contributed by atoms with E-state index in [0.717, 1.165) is 48.3 Å². The van der Waals surface area contributed by atoms with Crippen LogP contribution in [0.15, 0.2) is 58.1 Å². The molecule has 0 bridgehead atoms. The van der Waals surface area contributed by atoms with Gasteiger partial charge in [0.1, 0.15) is 9.96 Å². The van der Waals surface area contributed by atoms with E-state index in [9.17, 15) is 39.6 Å². The van der Waals surface area contributed by atoms with Crippen molar-refractivity contribution in [1.29, 1.82) is 0 Å². The summed E-state index contributed by atoms with van der Waals surface area (Å²) in [5, 5.41) is 3.77. The number of thiophene rings is 1. The van der Waals surface area contributed by atoms with E-state index in [1.807, 2.05) is 12.1 Å². The lowest BCUT2D eigenvalue weighted by molar-refractivity contribution is -0.143. The Kier molecular flexibility index (Phi) is 9.19. The zero-order valence-corrected chi connectivity index (χ0v) is 24.9. The number of piperazine rings is 1. The van der Waals surface area contributed by atoms with Crippen LogP contribution in [0.1, 0.15) is 43.2 Å². The highest BCUT2D eigenvalue weighted by atomic mass is 32.2. The van der Waals surface area contributed by atoms with Crippen LogP contribution in [-0.4, -0.2) is 55.9 Å². The van der Waals surface area contributed by atoms with E-state index in [-0.39, 0.29) is 42.6 Å². The molecule has 0 atom stereocenters. The standard InChI is InChI=1S/C29H29F6N3O4S2/c30-28(31,32)19-16-20(29(33,34)35)18-21(17-19)36-27(39)37-11-13-38(14-12-37)44(40,41)26-24(10-15-43-26)23-8-4-5-9-25(23)42-22-6-2-1-3-7-22/h4-5,8-10,15-18,22H,1-3,6-7,11-14H2,(H,36,39). The van der Waals surface area contributed by atoms with Crippen molar-refractivity contribution in [2.24, 2.45) is 0 Å². The summed E-state index contributed by atoms with van der Waals surface area (Å²) in [7, 11) is -4.01. The molecular formula is C29H29F6N3O4S2. The van der Waals surface area contributed by atoms with E-state index in [1.54, 1.807) is 23.6 Å². The van der Waals surface area contributed by atoms with Gasteiger partial charge in [0.2, 0.25) is 0 Å². The van der Waals surface area contributed by atoms with Crippen LogP contribution in [0, 0.1) is 0 Å². The summed E-state index contributed by atoms with van der Waals surface area (Å²) in [4.78, 5) is 13.9. The highest BCUT2D eigenvalue weighted by Crippen LogP contribution is 2.41. The number of anilines is 1. The van der Waals surface area contributed by atoms with Gasteiger partial charge in [-0.25, -0.2) is 13.2 Å². The minimum absolute atomic E-state index is 0.0291. The largest absolute Gasteiger partial charge is 0.490 e. The summed E-state index contributed by atoms with van der Waals surface area (Å²) in [5.41, 5.74) is -2.65. The Morgan fingerprint density at radius 3 is 2.07 bits per heavy atom. The van der Waals surface area contributed by atoms with Gasteiger partial charge in [-0.2, -0.15) is 30.6 Å². The maximum Gasteiger partial charge on any atom is 0.416 e. The zero-order chi connectivity index (χ0) is 31.7. The van der Waals surface area contributed by atoms with Gasteiger partial charge in [-0.05, 0) is 61.4 Å². The van der Waals surface area contributed by atoms with E-state index < -0.39 is 45.2 Å². The number of carbonyl (C=O) groups excluding carboxylic acids is 1. The van der Waals surface area contributed by atoms with Crippen molar-refractivity contribution < 1.29 is 44.3 Å². The molecule has 0 radical (unpaired) electrons. The Bertz CT molecular complexity index is 1560. The van der Waals surface area contributed by atoms with Gasteiger partial charge in [0.15, 0.2) is 0 Å². The third-order valence-corrected chi connectivity index (χ3v) is 11.0. The van der Waals surface area contributed by atoms with Crippen LogP contribution in [0.2, 0.25) is 0 Å². The number of urea groups is 1. The first kappa shape index (κ1) is 32.1. The summed E-state index contributed by atoms with van der Waals surface area (Å²) in [6.07, 6.45) is -4.91. The highest BCUT2D eigenvalue weighted by Gasteiger charge is 2.38. The molecule has 1 saturated carbocycles. The van der Waals surface area contributed by atoms with Crippen LogP contribution < -0.4 is 10.1 Å². The van der Waals surface area contributed by atoms with E-state index in [0.29, 0.717) is 29.0 Å². The Balaban J connectivity index is 1.28. The lowest BCUT2D eigenvalue weighted by Gasteiger charge is -2.34. The molecule has 0 unspecified atom stereocenters. The third-order valence-electron chi connectivity index (χ3n) is 7.59. The molecule has 238 valence electrons. The number of hydrogen-bond donors (Lipinski definition) is 1. The monoisotopic (exact) mass is 661 g/mol. The second-order valence-electron chi connectivity index (χ2n) is 10.6. The average Bonchev–Trinajstić information content (AvgIpc) is 3.48. The number of sulfonamides is 1. The second kappa shape index (κ2) is 12.6. The predicted octanol–water partition coefficient (Wildman–Crippen LogP) is 7.70. The van der Waals surface area contributed by atoms with Crippen molar-refractivity contribution in [1.82, 2.24) is 9.21 Å². The molecule has 2 fully saturated rings. The van der Waals surface area contributed by atoms with Gasteiger partial charge in [0.05, 0.1) is 17.2 Å². The van der Waals surface area contributed by atoms with Gasteiger partial charge in [-0.15, -0.1) is 11.3 Å². The van der Waals surface area contributed by atoms with Gasteiger partial charge < -0.3 is 15.0 Å². The number of benzene rings is 2. The van der Waals surface area contributed by atoms with E-state index in [1.165, 1.54) is 4.31 Å². The Hall–Kier alpha value is -3.30. The van der Waals surface area contributed by atoms with Gasteiger partial charge in [0.25, 0.3) is 10.0 Å². The van der Waals surface area contributed by atoms with Crippen molar-refractivity contribution in [3.8, 4) is 16.9 Å². The van der Waals surface area contributed by atoms with Crippen LogP contribution in [0.3, 0.4) is 0 Å². The lowest BCUT2D eigenvalue weighted by atomic mass is 9.97. The summed E-state index contributed by atoms with van der Waals surface area (Å²) < 4.78 is 114. The minimum atomic E-state index is -5.07. The van der Waals surface area contributed by atoms with E-state index in [2.05, 4.69) is 5.32 Å². The molecule has 1 aliphatic heterocycles. The first-order valence-corrected chi connectivity index (χ1v) is 16.2. The van der Waals surface area contributed by atoms with Crippen LogP contribution in [-0.2, 0) is 22.4 Å². The average molecular weight is 662 g/mol. The fraction of sp³-hybridized carbons (Fsp3) is 0.414. The van der Waals surface area contributed by atoms with Gasteiger partial charge in [-0.3, -0.25) is 0 Å². The molecule has 1 aromatic heterocycles. The first-order chi connectivity index (χ1) is 20.7. The lowest BCUT2D eigenvalue weighted by Crippen LogP contribution is -2.51. The smallest absolute Gasteiger partial charge is 0.416 e. The van der Waals surface area contributed by atoms with Crippen LogP contribution >= 0.6 is 11.3 Å². The fourth-order valence-electron chi connectivity index (χ4n) is 5.33. The number of halogens is 6. The van der Waals surface area contributed by atoms with Crippen molar-refractivity contribution in [2.45, 2.75) is 54.8 Å². The summed E-state index contributed by atoms with van der Waals surface area (Å²) in [6, 6.07) is 8.83. The van der Waals surface area contributed by atoms with Gasteiger partial charge >= 0.3 is 18.4 Å². The zero-order valence-electron chi connectivity index (χ0n) is 23.2. The second-order valence-corrected chi connectivity index (χ2v) is 13.7.